The summed E-state index contributed by atoms with van der Waals surface area (Å²) in [6, 6.07) is 10.2. The smallest absolute Gasteiger partial charge is 0.324 e. The molecule has 0 fully saturated rings. The summed E-state index contributed by atoms with van der Waals surface area (Å²) in [5.41, 5.74) is 2.38. The Morgan fingerprint density at radius 1 is 0.963 bits per heavy atom. The van der Waals surface area contributed by atoms with E-state index < -0.39 is 17.8 Å². The molecular weight excluding hydrogens is 348 g/mol. The molecule has 0 radical (unpaired) electrons. The van der Waals surface area contributed by atoms with E-state index in [2.05, 4.69) is 5.10 Å². The SMILES string of the molecule is Cc1ccc(C)n1-c1c(C(=O)ON2C(=O)c3ccccc3C2=O)cnn1C. The molecule has 8 heteroatoms. The van der Waals surface area contributed by atoms with E-state index in [4.69, 9.17) is 4.84 Å². The molecule has 0 bridgehead atoms. The second-order valence-electron chi connectivity index (χ2n) is 6.29. The van der Waals surface area contributed by atoms with Gasteiger partial charge in [-0.2, -0.15) is 5.10 Å². The summed E-state index contributed by atoms with van der Waals surface area (Å²) in [7, 11) is 1.70. The first-order valence-electron chi connectivity index (χ1n) is 8.27. The summed E-state index contributed by atoms with van der Waals surface area (Å²) in [5.74, 6) is -1.66. The Hall–Kier alpha value is -3.68. The van der Waals surface area contributed by atoms with Crippen molar-refractivity contribution in [3.05, 3.63) is 70.7 Å². The van der Waals surface area contributed by atoms with E-state index >= 15 is 0 Å². The highest BCUT2D eigenvalue weighted by molar-refractivity contribution is 6.21. The lowest BCUT2D eigenvalue weighted by atomic mass is 10.1. The Morgan fingerprint density at radius 3 is 2.07 bits per heavy atom. The van der Waals surface area contributed by atoms with Crippen LogP contribution in [0.5, 0.6) is 0 Å². The first kappa shape index (κ1) is 16.8. The molecule has 0 N–H and O–H groups in total. The fourth-order valence-corrected chi connectivity index (χ4v) is 3.22. The molecular formula is C19H16N4O4. The first-order chi connectivity index (χ1) is 12.9. The molecule has 1 aliphatic heterocycles. The van der Waals surface area contributed by atoms with Gasteiger partial charge in [0.05, 0.1) is 17.3 Å². The quantitative estimate of drug-likeness (QED) is 0.665. The lowest BCUT2D eigenvalue weighted by Gasteiger charge is -2.15. The van der Waals surface area contributed by atoms with Crippen LogP contribution in [0, 0.1) is 13.8 Å². The molecule has 8 nitrogen and oxygen atoms in total. The molecule has 0 aliphatic carbocycles. The van der Waals surface area contributed by atoms with E-state index in [1.165, 1.54) is 18.3 Å². The largest absolute Gasteiger partial charge is 0.369 e. The average molecular weight is 364 g/mol. The minimum Gasteiger partial charge on any atom is -0.324 e. The summed E-state index contributed by atoms with van der Waals surface area (Å²) in [5, 5.41) is 4.63. The van der Waals surface area contributed by atoms with Crippen molar-refractivity contribution in [1.29, 1.82) is 0 Å². The predicted molar refractivity (Wildman–Crippen MR) is 94.4 cm³/mol. The number of fused-ring (bicyclic) bond motifs is 1. The molecule has 0 saturated carbocycles. The maximum absolute atomic E-state index is 12.8. The number of rotatable bonds is 3. The molecule has 0 unspecified atom stereocenters. The molecule has 27 heavy (non-hydrogen) atoms. The Balaban J connectivity index is 1.69. The molecule has 3 heterocycles. The summed E-state index contributed by atoms with van der Waals surface area (Å²) in [6.07, 6.45) is 1.36. The minimum atomic E-state index is -0.833. The van der Waals surface area contributed by atoms with Crippen LogP contribution in [-0.2, 0) is 11.9 Å². The van der Waals surface area contributed by atoms with Crippen LogP contribution in [0.2, 0.25) is 0 Å². The molecule has 1 aliphatic rings. The molecule has 4 rings (SSSR count). The van der Waals surface area contributed by atoms with Crippen LogP contribution in [-0.4, -0.2) is 37.2 Å². The number of carbonyl (C=O) groups is 3. The van der Waals surface area contributed by atoms with E-state index in [0.29, 0.717) is 10.9 Å². The molecule has 1 aromatic carbocycles. The predicted octanol–water partition coefficient (Wildman–Crippen LogP) is 2.20. The fraction of sp³-hybridized carbons (Fsp3) is 0.158. The van der Waals surface area contributed by atoms with Gasteiger partial charge in [-0.15, -0.1) is 0 Å². The van der Waals surface area contributed by atoms with Crippen LogP contribution in [0.1, 0.15) is 42.5 Å². The molecule has 0 spiro atoms. The van der Waals surface area contributed by atoms with Crippen molar-refractivity contribution >= 4 is 17.8 Å². The highest BCUT2D eigenvalue weighted by Gasteiger charge is 2.39. The Labute approximate surface area is 154 Å². The molecule has 136 valence electrons. The summed E-state index contributed by atoms with van der Waals surface area (Å²) in [4.78, 5) is 42.7. The van der Waals surface area contributed by atoms with Crippen LogP contribution in [0.25, 0.3) is 5.82 Å². The maximum Gasteiger partial charge on any atom is 0.369 e. The first-order valence-corrected chi connectivity index (χ1v) is 8.27. The van der Waals surface area contributed by atoms with Crippen LogP contribution in [0.15, 0.2) is 42.6 Å². The van der Waals surface area contributed by atoms with Crippen LogP contribution in [0.4, 0.5) is 0 Å². The normalized spacial score (nSPS) is 13.2. The number of benzene rings is 1. The van der Waals surface area contributed by atoms with Crippen molar-refractivity contribution in [1.82, 2.24) is 19.4 Å². The van der Waals surface area contributed by atoms with Gasteiger partial charge in [0.1, 0.15) is 11.4 Å². The summed E-state index contributed by atoms with van der Waals surface area (Å²) >= 11 is 0. The number of hydrogen-bond acceptors (Lipinski definition) is 5. The van der Waals surface area contributed by atoms with Crippen molar-refractivity contribution < 1.29 is 19.2 Å². The van der Waals surface area contributed by atoms with Gasteiger partial charge in [0.2, 0.25) is 0 Å². The highest BCUT2D eigenvalue weighted by atomic mass is 16.7. The number of amides is 2. The van der Waals surface area contributed by atoms with E-state index in [1.54, 1.807) is 23.9 Å². The third-order valence-corrected chi connectivity index (χ3v) is 4.54. The maximum atomic E-state index is 12.8. The van der Waals surface area contributed by atoms with Gasteiger partial charge in [-0.05, 0) is 38.1 Å². The van der Waals surface area contributed by atoms with Gasteiger partial charge in [0.15, 0.2) is 0 Å². The molecule has 2 amide bonds. The number of aryl methyl sites for hydroxylation is 3. The molecule has 2 aromatic heterocycles. The number of hydrogen-bond donors (Lipinski definition) is 0. The van der Waals surface area contributed by atoms with Crippen molar-refractivity contribution in [3.63, 3.8) is 0 Å². The number of carbonyl (C=O) groups excluding carboxylic acids is 3. The zero-order valence-corrected chi connectivity index (χ0v) is 15.0. The number of aromatic nitrogens is 3. The number of imide groups is 1. The second kappa shape index (κ2) is 5.94. The molecule has 3 aromatic rings. The zero-order valence-electron chi connectivity index (χ0n) is 15.0. The van der Waals surface area contributed by atoms with Gasteiger partial charge >= 0.3 is 5.97 Å². The number of nitrogens with zero attached hydrogens (tertiary/aromatic N) is 4. The van der Waals surface area contributed by atoms with Gasteiger partial charge < -0.3 is 9.40 Å². The Morgan fingerprint density at radius 2 is 1.52 bits per heavy atom. The fourth-order valence-electron chi connectivity index (χ4n) is 3.22. The van der Waals surface area contributed by atoms with Gasteiger partial charge in [-0.25, -0.2) is 4.79 Å². The van der Waals surface area contributed by atoms with Gasteiger partial charge in [0, 0.05) is 18.4 Å². The van der Waals surface area contributed by atoms with E-state index in [9.17, 15) is 14.4 Å². The van der Waals surface area contributed by atoms with E-state index in [1.807, 2.05) is 30.5 Å². The molecule has 0 atom stereocenters. The third kappa shape index (κ3) is 2.45. The lowest BCUT2D eigenvalue weighted by Crippen LogP contribution is -2.33. The minimum absolute atomic E-state index is 0.149. The summed E-state index contributed by atoms with van der Waals surface area (Å²) in [6.45, 7) is 3.80. The topological polar surface area (TPSA) is 86.4 Å². The van der Waals surface area contributed by atoms with E-state index in [-0.39, 0.29) is 16.7 Å². The van der Waals surface area contributed by atoms with Crippen LogP contribution >= 0.6 is 0 Å². The standard InChI is InChI=1S/C19H16N4O4/c1-11-8-9-12(2)22(11)16-15(10-20-21(16)3)19(26)27-23-17(24)13-6-4-5-7-14(13)18(23)25/h4-10H,1-3H3. The average Bonchev–Trinajstić information content (AvgIpc) is 3.26. The van der Waals surface area contributed by atoms with Gasteiger partial charge in [0.25, 0.3) is 11.8 Å². The van der Waals surface area contributed by atoms with Gasteiger partial charge in [-0.1, -0.05) is 17.2 Å². The second-order valence-corrected chi connectivity index (χ2v) is 6.29. The van der Waals surface area contributed by atoms with Crippen molar-refractivity contribution in [3.8, 4) is 5.82 Å². The summed E-state index contributed by atoms with van der Waals surface area (Å²) < 4.78 is 3.39. The zero-order chi connectivity index (χ0) is 19.3. The third-order valence-electron chi connectivity index (χ3n) is 4.54. The van der Waals surface area contributed by atoms with Crippen LogP contribution in [0.3, 0.4) is 0 Å². The van der Waals surface area contributed by atoms with Gasteiger partial charge in [-0.3, -0.25) is 14.3 Å². The Bertz CT molecular complexity index is 1050. The van der Waals surface area contributed by atoms with Crippen molar-refractivity contribution in [2.45, 2.75) is 13.8 Å². The lowest BCUT2D eigenvalue weighted by molar-refractivity contribution is -0.0584. The monoisotopic (exact) mass is 364 g/mol. The molecule has 0 saturated heterocycles. The Kier molecular flexibility index (Phi) is 3.69. The van der Waals surface area contributed by atoms with E-state index in [0.717, 1.165) is 11.4 Å². The van der Waals surface area contributed by atoms with Crippen molar-refractivity contribution in [2.75, 3.05) is 0 Å². The van der Waals surface area contributed by atoms with Crippen molar-refractivity contribution in [2.24, 2.45) is 7.05 Å². The van der Waals surface area contributed by atoms with Crippen LogP contribution < -0.4 is 0 Å². The number of hydroxylamine groups is 2. The highest BCUT2D eigenvalue weighted by Crippen LogP contribution is 2.25.